The normalized spacial score (nSPS) is 30.6. The number of carbonyl (C=O) groups is 1. The smallest absolute Gasteiger partial charge is 0.318 e. The van der Waals surface area contributed by atoms with E-state index in [0.717, 1.165) is 25.3 Å². The highest BCUT2D eigenvalue weighted by molar-refractivity contribution is 6.30. The predicted octanol–water partition coefficient (Wildman–Crippen LogP) is 3.10. The van der Waals surface area contributed by atoms with Crippen molar-refractivity contribution in [2.75, 3.05) is 37.6 Å². The van der Waals surface area contributed by atoms with E-state index in [9.17, 15) is 4.79 Å². The molecule has 120 valence electrons. The number of anilines is 1. The number of fused-ring (bicyclic) bond motifs is 3. The molecule has 5 rings (SSSR count). The Bertz CT molecular complexity index is 560. The van der Waals surface area contributed by atoms with Crippen LogP contribution in [0.25, 0.3) is 0 Å². The summed E-state index contributed by atoms with van der Waals surface area (Å²) in [6.07, 6.45) is 2.48. The van der Waals surface area contributed by atoms with Crippen molar-refractivity contribution in [2.45, 2.75) is 18.9 Å². The molecule has 0 spiro atoms. The monoisotopic (exact) mass is 341 g/mol. The summed E-state index contributed by atoms with van der Waals surface area (Å²) in [6.45, 7) is 5.07. The molecule has 0 N–H and O–H groups in total. The minimum atomic E-state index is 0. The maximum atomic E-state index is 12.8. The molecular formula is C16H21Cl2N3O. The van der Waals surface area contributed by atoms with E-state index in [1.807, 2.05) is 29.2 Å². The van der Waals surface area contributed by atoms with Gasteiger partial charge >= 0.3 is 6.03 Å². The lowest BCUT2D eigenvalue weighted by atomic mass is 9.83. The van der Waals surface area contributed by atoms with Gasteiger partial charge in [-0.05, 0) is 50.0 Å². The van der Waals surface area contributed by atoms with Gasteiger partial charge in [-0.15, -0.1) is 12.4 Å². The van der Waals surface area contributed by atoms with E-state index < -0.39 is 0 Å². The third-order valence-electron chi connectivity index (χ3n) is 5.18. The average Bonchev–Trinajstić information content (AvgIpc) is 2.90. The second-order valence-electron chi connectivity index (χ2n) is 6.31. The van der Waals surface area contributed by atoms with Crippen molar-refractivity contribution >= 4 is 35.7 Å². The fourth-order valence-electron chi connectivity index (χ4n) is 4.03. The number of piperidine rings is 3. The summed E-state index contributed by atoms with van der Waals surface area (Å²) >= 11 is 6.05. The van der Waals surface area contributed by atoms with Crippen LogP contribution in [0.1, 0.15) is 12.8 Å². The number of halogens is 2. The Kier molecular flexibility index (Phi) is 4.53. The predicted molar refractivity (Wildman–Crippen MR) is 91.1 cm³/mol. The summed E-state index contributed by atoms with van der Waals surface area (Å²) in [5.74, 6) is 0.693. The van der Waals surface area contributed by atoms with Crippen molar-refractivity contribution in [2.24, 2.45) is 5.92 Å². The molecule has 4 aliphatic rings. The molecule has 1 atom stereocenters. The van der Waals surface area contributed by atoms with Crippen LogP contribution in [-0.2, 0) is 0 Å². The quantitative estimate of drug-likeness (QED) is 0.826. The number of benzene rings is 1. The number of nitrogens with zero attached hydrogens (tertiary/aromatic N) is 3. The lowest BCUT2D eigenvalue weighted by Crippen LogP contribution is -2.58. The van der Waals surface area contributed by atoms with Gasteiger partial charge in [0.15, 0.2) is 0 Å². The Hall–Kier alpha value is -0.970. The summed E-state index contributed by atoms with van der Waals surface area (Å²) in [7, 11) is 0. The van der Waals surface area contributed by atoms with Crippen LogP contribution in [0, 0.1) is 5.92 Å². The molecule has 4 aliphatic heterocycles. The average molecular weight is 342 g/mol. The van der Waals surface area contributed by atoms with Crippen molar-refractivity contribution < 1.29 is 4.79 Å². The molecule has 22 heavy (non-hydrogen) atoms. The van der Waals surface area contributed by atoms with E-state index in [0.29, 0.717) is 17.0 Å². The van der Waals surface area contributed by atoms with Gasteiger partial charge in [0.05, 0.1) is 0 Å². The van der Waals surface area contributed by atoms with Crippen LogP contribution in [0.15, 0.2) is 24.3 Å². The molecule has 4 fully saturated rings. The summed E-state index contributed by atoms with van der Waals surface area (Å²) < 4.78 is 0. The van der Waals surface area contributed by atoms with Gasteiger partial charge in [-0.3, -0.25) is 4.90 Å². The van der Waals surface area contributed by atoms with Crippen molar-refractivity contribution in [3.8, 4) is 0 Å². The molecule has 0 radical (unpaired) electrons. The second kappa shape index (κ2) is 6.26. The maximum Gasteiger partial charge on any atom is 0.324 e. The van der Waals surface area contributed by atoms with E-state index in [4.69, 9.17) is 11.6 Å². The number of hydrogen-bond acceptors (Lipinski definition) is 2. The minimum Gasteiger partial charge on any atom is -0.318 e. The molecule has 1 aromatic rings. The Morgan fingerprint density at radius 1 is 1.09 bits per heavy atom. The Morgan fingerprint density at radius 2 is 1.86 bits per heavy atom. The van der Waals surface area contributed by atoms with E-state index in [2.05, 4.69) is 9.80 Å². The zero-order chi connectivity index (χ0) is 14.4. The first-order valence-electron chi connectivity index (χ1n) is 7.78. The summed E-state index contributed by atoms with van der Waals surface area (Å²) in [6, 6.07) is 8.14. The Labute approximate surface area is 142 Å². The number of urea groups is 1. The summed E-state index contributed by atoms with van der Waals surface area (Å²) in [5, 5.41) is 0.682. The molecule has 6 heteroatoms. The molecule has 0 aliphatic carbocycles. The lowest BCUT2D eigenvalue weighted by Gasteiger charge is -2.47. The van der Waals surface area contributed by atoms with Crippen LogP contribution in [0.4, 0.5) is 10.5 Å². The molecule has 1 unspecified atom stereocenters. The lowest BCUT2D eigenvalue weighted by molar-refractivity contribution is 0.0300. The molecule has 2 amide bonds. The molecule has 4 saturated heterocycles. The van der Waals surface area contributed by atoms with Crippen LogP contribution in [0.3, 0.4) is 0 Å². The van der Waals surface area contributed by atoms with E-state index in [1.54, 1.807) is 0 Å². The fraction of sp³-hybridized carbons (Fsp3) is 0.562. The zero-order valence-corrected chi connectivity index (χ0v) is 14.0. The van der Waals surface area contributed by atoms with Gasteiger partial charge in [-0.1, -0.05) is 17.7 Å². The highest BCUT2D eigenvalue weighted by Gasteiger charge is 2.43. The first-order valence-corrected chi connectivity index (χ1v) is 8.16. The third kappa shape index (κ3) is 2.68. The van der Waals surface area contributed by atoms with Crippen molar-refractivity contribution in [3.05, 3.63) is 29.3 Å². The maximum absolute atomic E-state index is 12.8. The molecule has 4 nitrogen and oxygen atoms in total. The van der Waals surface area contributed by atoms with Crippen LogP contribution in [0.5, 0.6) is 0 Å². The highest BCUT2D eigenvalue weighted by Crippen LogP contribution is 2.33. The van der Waals surface area contributed by atoms with Crippen molar-refractivity contribution in [1.29, 1.82) is 0 Å². The zero-order valence-electron chi connectivity index (χ0n) is 12.4. The largest absolute Gasteiger partial charge is 0.324 e. The van der Waals surface area contributed by atoms with Crippen LogP contribution in [0.2, 0.25) is 5.02 Å². The standard InChI is InChI=1S/C16H20ClN3O.ClH/c17-13-2-1-3-14(10-13)19-8-9-20(16(19)21)15-11-18-6-4-12(15)5-7-18;/h1-3,10,12,15H,4-9,11H2;1H. The van der Waals surface area contributed by atoms with E-state index in [1.165, 1.54) is 25.9 Å². The molecule has 4 heterocycles. The summed E-state index contributed by atoms with van der Waals surface area (Å²) in [5.41, 5.74) is 0.913. The minimum absolute atomic E-state index is 0. The van der Waals surface area contributed by atoms with Gasteiger partial charge < -0.3 is 9.80 Å². The van der Waals surface area contributed by atoms with E-state index in [-0.39, 0.29) is 18.4 Å². The topological polar surface area (TPSA) is 26.8 Å². The van der Waals surface area contributed by atoms with Crippen molar-refractivity contribution in [1.82, 2.24) is 9.80 Å². The van der Waals surface area contributed by atoms with Gasteiger partial charge in [-0.25, -0.2) is 4.79 Å². The van der Waals surface area contributed by atoms with E-state index >= 15 is 0 Å². The summed E-state index contributed by atoms with van der Waals surface area (Å²) in [4.78, 5) is 19.2. The number of rotatable bonds is 2. The van der Waals surface area contributed by atoms with Gasteiger partial charge in [0, 0.05) is 36.4 Å². The van der Waals surface area contributed by atoms with Crippen LogP contribution in [-0.4, -0.2) is 54.6 Å². The first-order chi connectivity index (χ1) is 10.2. The third-order valence-corrected chi connectivity index (χ3v) is 5.42. The molecule has 1 aromatic carbocycles. The molecule has 2 bridgehead atoms. The van der Waals surface area contributed by atoms with Gasteiger partial charge in [0.2, 0.25) is 0 Å². The van der Waals surface area contributed by atoms with Gasteiger partial charge in [0.25, 0.3) is 0 Å². The molecule has 0 aromatic heterocycles. The fourth-order valence-corrected chi connectivity index (χ4v) is 4.22. The molecule has 0 saturated carbocycles. The van der Waals surface area contributed by atoms with Gasteiger partial charge in [0.1, 0.15) is 0 Å². The Morgan fingerprint density at radius 3 is 2.50 bits per heavy atom. The highest BCUT2D eigenvalue weighted by atomic mass is 35.5. The van der Waals surface area contributed by atoms with Crippen molar-refractivity contribution in [3.63, 3.8) is 0 Å². The van der Waals surface area contributed by atoms with Crippen LogP contribution >= 0.6 is 24.0 Å². The number of carbonyl (C=O) groups excluding carboxylic acids is 1. The Balaban J connectivity index is 0.00000144. The first kappa shape index (κ1) is 15.9. The number of amides is 2. The SMILES string of the molecule is Cl.O=C1N(c2cccc(Cl)c2)CCN1C1CN2CCC1CC2. The van der Waals surface area contributed by atoms with Crippen LogP contribution < -0.4 is 4.90 Å². The van der Waals surface area contributed by atoms with Gasteiger partial charge in [-0.2, -0.15) is 0 Å². The second-order valence-corrected chi connectivity index (χ2v) is 6.75. The molecular weight excluding hydrogens is 321 g/mol. The number of hydrogen-bond donors (Lipinski definition) is 0.